The van der Waals surface area contributed by atoms with Crippen LogP contribution < -0.4 is 0 Å². The molecule has 2 unspecified atom stereocenters. The summed E-state index contributed by atoms with van der Waals surface area (Å²) in [6, 6.07) is 1.20. The van der Waals surface area contributed by atoms with Gasteiger partial charge in [0.05, 0.1) is 5.60 Å². The first-order valence-electron chi connectivity index (χ1n) is 5.73. The molecule has 0 spiro atoms. The molecule has 0 aromatic rings. The Kier molecular flexibility index (Phi) is 2.67. The van der Waals surface area contributed by atoms with E-state index in [4.69, 9.17) is 0 Å². The molecule has 2 atom stereocenters. The first-order valence-corrected chi connectivity index (χ1v) is 5.73. The molecule has 2 heterocycles. The molecule has 0 radical (unpaired) electrons. The van der Waals surface area contributed by atoms with Gasteiger partial charge in [-0.25, -0.2) is 0 Å². The highest BCUT2D eigenvalue weighted by Gasteiger charge is 2.42. The van der Waals surface area contributed by atoms with Gasteiger partial charge >= 0.3 is 0 Å². The van der Waals surface area contributed by atoms with Crippen LogP contribution in [0.5, 0.6) is 0 Å². The van der Waals surface area contributed by atoms with E-state index in [1.807, 2.05) is 19.1 Å². The molecule has 14 heavy (non-hydrogen) atoms. The number of hydrogen-bond donors (Lipinski definition) is 1. The maximum Gasteiger partial charge on any atom is 0.0857 e. The van der Waals surface area contributed by atoms with E-state index in [0.29, 0.717) is 12.1 Å². The lowest BCUT2D eigenvalue weighted by Crippen LogP contribution is -2.55. The van der Waals surface area contributed by atoms with Crippen molar-refractivity contribution in [2.45, 2.75) is 56.7 Å². The van der Waals surface area contributed by atoms with Crippen LogP contribution in [0.1, 0.15) is 39.0 Å². The van der Waals surface area contributed by atoms with Gasteiger partial charge in [-0.1, -0.05) is 18.6 Å². The number of nitrogens with zero attached hydrogens (tertiary/aromatic N) is 1. The Labute approximate surface area is 86.6 Å². The van der Waals surface area contributed by atoms with E-state index in [2.05, 4.69) is 11.9 Å². The molecule has 2 nitrogen and oxygen atoms in total. The van der Waals surface area contributed by atoms with Gasteiger partial charge in [0.2, 0.25) is 0 Å². The zero-order chi connectivity index (χ0) is 10.2. The Bertz CT molecular complexity index is 222. The summed E-state index contributed by atoms with van der Waals surface area (Å²) in [5.74, 6) is 0. The molecule has 0 aromatic carbocycles. The fourth-order valence-electron chi connectivity index (χ4n) is 3.13. The number of piperidine rings is 2. The minimum absolute atomic E-state index is 0.517. The smallest absolute Gasteiger partial charge is 0.0857 e. The second-order valence-corrected chi connectivity index (χ2v) is 4.92. The third-order valence-corrected chi connectivity index (χ3v) is 3.88. The number of hydrogen-bond acceptors (Lipinski definition) is 2. The summed E-state index contributed by atoms with van der Waals surface area (Å²) >= 11 is 0. The summed E-state index contributed by atoms with van der Waals surface area (Å²) in [4.78, 5) is 2.47. The number of aliphatic hydroxyl groups is 1. The highest BCUT2D eigenvalue weighted by Crippen LogP contribution is 2.38. The Morgan fingerprint density at radius 3 is 2.36 bits per heavy atom. The molecule has 2 aliphatic heterocycles. The topological polar surface area (TPSA) is 23.5 Å². The second-order valence-electron chi connectivity index (χ2n) is 4.92. The van der Waals surface area contributed by atoms with Crippen molar-refractivity contribution in [3.05, 3.63) is 12.2 Å². The fraction of sp³-hybridized carbons (Fsp3) is 0.833. The average Bonchev–Trinajstić information content (AvgIpc) is 2.08. The summed E-state index contributed by atoms with van der Waals surface area (Å²) in [7, 11) is 2.21. The average molecular weight is 195 g/mol. The summed E-state index contributed by atoms with van der Waals surface area (Å²) in [5.41, 5.74) is -0.517. The lowest BCUT2D eigenvalue weighted by atomic mass is 9.76. The lowest BCUT2D eigenvalue weighted by molar-refractivity contribution is -0.0538. The van der Waals surface area contributed by atoms with Crippen LogP contribution >= 0.6 is 0 Å². The van der Waals surface area contributed by atoms with Crippen LogP contribution in [-0.4, -0.2) is 34.7 Å². The third kappa shape index (κ3) is 1.73. The maximum atomic E-state index is 10.4. The van der Waals surface area contributed by atoms with Crippen molar-refractivity contribution in [2.24, 2.45) is 0 Å². The quantitative estimate of drug-likeness (QED) is 0.646. The highest BCUT2D eigenvalue weighted by molar-refractivity contribution is 5.08. The number of fused-ring (bicyclic) bond motifs is 2. The number of allylic oxidation sites excluding steroid dienone is 1. The third-order valence-electron chi connectivity index (χ3n) is 3.88. The van der Waals surface area contributed by atoms with Gasteiger partial charge in [-0.2, -0.15) is 0 Å². The molecule has 1 N–H and O–H groups in total. The van der Waals surface area contributed by atoms with Gasteiger partial charge in [-0.05, 0) is 39.7 Å². The van der Waals surface area contributed by atoms with E-state index in [1.165, 1.54) is 19.3 Å². The predicted molar refractivity (Wildman–Crippen MR) is 58.2 cm³/mol. The van der Waals surface area contributed by atoms with E-state index < -0.39 is 5.60 Å². The molecular formula is C12H21NO. The molecule has 2 rings (SSSR count). The van der Waals surface area contributed by atoms with Crippen molar-refractivity contribution < 1.29 is 5.11 Å². The van der Waals surface area contributed by atoms with E-state index in [0.717, 1.165) is 12.8 Å². The van der Waals surface area contributed by atoms with E-state index >= 15 is 0 Å². The minimum Gasteiger partial charge on any atom is -0.386 e. The Morgan fingerprint density at radius 1 is 1.29 bits per heavy atom. The summed E-state index contributed by atoms with van der Waals surface area (Å²) in [5, 5.41) is 10.4. The van der Waals surface area contributed by atoms with Crippen molar-refractivity contribution in [1.82, 2.24) is 4.90 Å². The highest BCUT2D eigenvalue weighted by atomic mass is 16.3. The fourth-order valence-corrected chi connectivity index (χ4v) is 3.13. The van der Waals surface area contributed by atoms with E-state index in [-0.39, 0.29) is 0 Å². The second kappa shape index (κ2) is 3.67. The summed E-state index contributed by atoms with van der Waals surface area (Å²) in [6.07, 6.45) is 9.67. The number of rotatable bonds is 1. The lowest BCUT2D eigenvalue weighted by Gasteiger charge is -2.49. The molecule has 0 aliphatic carbocycles. The molecule has 2 heteroatoms. The molecule has 0 saturated carbocycles. The monoisotopic (exact) mass is 195 g/mol. The molecule has 2 bridgehead atoms. The van der Waals surface area contributed by atoms with Crippen LogP contribution in [0.15, 0.2) is 12.2 Å². The molecule has 0 aromatic heterocycles. The van der Waals surface area contributed by atoms with Crippen molar-refractivity contribution in [1.29, 1.82) is 0 Å². The van der Waals surface area contributed by atoms with Gasteiger partial charge in [0.1, 0.15) is 0 Å². The van der Waals surface area contributed by atoms with Crippen LogP contribution in [-0.2, 0) is 0 Å². The van der Waals surface area contributed by atoms with Crippen molar-refractivity contribution in [3.8, 4) is 0 Å². The van der Waals surface area contributed by atoms with E-state index in [1.54, 1.807) is 0 Å². The van der Waals surface area contributed by atoms with Crippen LogP contribution in [0.4, 0.5) is 0 Å². The van der Waals surface area contributed by atoms with Gasteiger partial charge in [0, 0.05) is 12.1 Å². The molecule has 0 amide bonds. The zero-order valence-electron chi connectivity index (χ0n) is 9.24. The van der Waals surface area contributed by atoms with Gasteiger partial charge in [0.25, 0.3) is 0 Å². The molecular weight excluding hydrogens is 174 g/mol. The van der Waals surface area contributed by atoms with Crippen molar-refractivity contribution >= 4 is 0 Å². The van der Waals surface area contributed by atoms with Crippen molar-refractivity contribution in [3.63, 3.8) is 0 Å². The predicted octanol–water partition coefficient (Wildman–Crippen LogP) is 1.94. The summed E-state index contributed by atoms with van der Waals surface area (Å²) < 4.78 is 0. The van der Waals surface area contributed by atoms with Gasteiger partial charge < -0.3 is 10.0 Å². The Hall–Kier alpha value is -0.340. The first kappa shape index (κ1) is 10.2. The molecule has 2 saturated heterocycles. The van der Waals surface area contributed by atoms with Crippen LogP contribution in [0.25, 0.3) is 0 Å². The summed E-state index contributed by atoms with van der Waals surface area (Å²) in [6.45, 7) is 1.99. The minimum atomic E-state index is -0.517. The Morgan fingerprint density at radius 2 is 1.86 bits per heavy atom. The van der Waals surface area contributed by atoms with Crippen molar-refractivity contribution in [2.75, 3.05) is 7.05 Å². The normalized spacial score (nSPS) is 44.5. The largest absolute Gasteiger partial charge is 0.386 e. The van der Waals surface area contributed by atoms with Crippen LogP contribution in [0, 0.1) is 0 Å². The molecule has 2 fully saturated rings. The standard InChI is InChI=1S/C12H21NO/c1-3-7-12(14)8-10-5-4-6-11(9-12)13(10)2/h3,7,10-11,14H,4-6,8-9H2,1-2H3/b7-3-. The van der Waals surface area contributed by atoms with Crippen LogP contribution in [0.3, 0.4) is 0 Å². The molecule has 80 valence electrons. The van der Waals surface area contributed by atoms with E-state index in [9.17, 15) is 5.11 Å². The Balaban J connectivity index is 2.14. The SMILES string of the molecule is C/C=C\C1(O)CC2CCCC(C1)N2C. The van der Waals surface area contributed by atoms with Gasteiger partial charge in [-0.15, -0.1) is 0 Å². The van der Waals surface area contributed by atoms with Crippen LogP contribution in [0.2, 0.25) is 0 Å². The molecule has 2 aliphatic rings. The van der Waals surface area contributed by atoms with Gasteiger partial charge in [0.15, 0.2) is 0 Å². The first-order chi connectivity index (χ1) is 6.64. The van der Waals surface area contributed by atoms with Gasteiger partial charge in [-0.3, -0.25) is 0 Å². The maximum absolute atomic E-state index is 10.4. The zero-order valence-corrected chi connectivity index (χ0v) is 9.24.